The lowest BCUT2D eigenvalue weighted by molar-refractivity contribution is -0.152. The average molecular weight is 460 g/mol. The number of sulfonamides is 1. The molecule has 3 rings (SSSR count). The summed E-state index contributed by atoms with van der Waals surface area (Å²) in [6.07, 6.45) is 0. The Hall–Kier alpha value is -3.40. The van der Waals surface area contributed by atoms with Crippen LogP contribution < -0.4 is 9.46 Å². The van der Waals surface area contributed by atoms with Gasteiger partial charge in [0.05, 0.1) is 11.5 Å². The van der Waals surface area contributed by atoms with Crippen LogP contribution in [0.15, 0.2) is 58.4 Å². The van der Waals surface area contributed by atoms with Crippen molar-refractivity contribution < 1.29 is 27.5 Å². The summed E-state index contributed by atoms with van der Waals surface area (Å²) in [5.41, 5.74) is 1.29. The number of nitrogens with zero attached hydrogens (tertiary/aromatic N) is 2. The van der Waals surface area contributed by atoms with Crippen LogP contribution in [0.25, 0.3) is 0 Å². The van der Waals surface area contributed by atoms with Crippen molar-refractivity contribution in [3.05, 3.63) is 59.7 Å². The highest BCUT2D eigenvalue weighted by Gasteiger charge is 2.31. The number of amidine groups is 1. The van der Waals surface area contributed by atoms with Gasteiger partial charge in [0.25, 0.3) is 15.9 Å². The molecule has 1 N–H and O–H groups in total. The molecule has 0 saturated carbocycles. The minimum absolute atomic E-state index is 0.0731. The maximum Gasteiger partial charge on any atom is 0.331 e. The fourth-order valence-corrected chi connectivity index (χ4v) is 4.30. The number of hydrogen-bond donors (Lipinski definition) is 1. The second-order valence-electron chi connectivity index (χ2n) is 7.19. The van der Waals surface area contributed by atoms with Crippen molar-refractivity contribution >= 4 is 27.7 Å². The molecule has 1 aliphatic rings. The van der Waals surface area contributed by atoms with E-state index in [-0.39, 0.29) is 16.6 Å². The second-order valence-corrected chi connectivity index (χ2v) is 8.84. The first-order valence-electron chi connectivity index (χ1n) is 10.0. The molecule has 0 bridgehead atoms. The van der Waals surface area contributed by atoms with E-state index in [1.807, 2.05) is 31.2 Å². The van der Waals surface area contributed by atoms with Crippen LogP contribution in [-0.4, -0.2) is 57.3 Å². The Labute approximate surface area is 187 Å². The fraction of sp³-hybridized carbons (Fsp3) is 0.318. The average Bonchev–Trinajstić information content (AvgIpc) is 3.03. The van der Waals surface area contributed by atoms with Gasteiger partial charge < -0.3 is 14.4 Å². The number of nitrogens with one attached hydrogen (secondary N) is 1. The first kappa shape index (κ1) is 23.3. The number of rotatable bonds is 8. The molecular formula is C22H25N3O6S. The number of carbonyl (C=O) groups excluding carboxylic acids is 2. The molecule has 1 amide bonds. The Balaban J connectivity index is 1.54. The highest BCUT2D eigenvalue weighted by Crippen LogP contribution is 2.22. The van der Waals surface area contributed by atoms with Crippen LogP contribution in [0.5, 0.6) is 5.75 Å². The molecule has 0 radical (unpaired) electrons. The van der Waals surface area contributed by atoms with Crippen LogP contribution in [0.1, 0.15) is 25.0 Å². The summed E-state index contributed by atoms with van der Waals surface area (Å²) in [6.45, 7) is 3.85. The first-order chi connectivity index (χ1) is 15.2. The third kappa shape index (κ3) is 5.44. The molecule has 0 unspecified atom stereocenters. The third-order valence-electron chi connectivity index (χ3n) is 4.74. The number of aliphatic imine (C=N–C) groups is 1. The van der Waals surface area contributed by atoms with E-state index < -0.39 is 28.6 Å². The van der Waals surface area contributed by atoms with E-state index in [9.17, 15) is 18.0 Å². The van der Waals surface area contributed by atoms with Gasteiger partial charge in [-0.15, -0.1) is 0 Å². The summed E-state index contributed by atoms with van der Waals surface area (Å²) in [5.74, 6) is -0.283. The summed E-state index contributed by atoms with van der Waals surface area (Å²) >= 11 is 0. The molecule has 170 valence electrons. The van der Waals surface area contributed by atoms with Gasteiger partial charge in [0.1, 0.15) is 17.6 Å². The maximum absolute atomic E-state index is 12.3. The van der Waals surface area contributed by atoms with E-state index in [1.54, 1.807) is 25.2 Å². The lowest BCUT2D eigenvalue weighted by atomic mass is 10.2. The molecule has 2 aromatic carbocycles. The van der Waals surface area contributed by atoms with Gasteiger partial charge in [-0.05, 0) is 43.7 Å². The Bertz CT molecular complexity index is 1130. The molecular weight excluding hydrogens is 434 g/mol. The lowest BCUT2D eigenvalue weighted by Crippen LogP contribution is -2.33. The molecule has 0 saturated heterocycles. The van der Waals surface area contributed by atoms with Crippen molar-refractivity contribution in [2.24, 2.45) is 4.99 Å². The van der Waals surface area contributed by atoms with Gasteiger partial charge in [-0.2, -0.15) is 0 Å². The molecule has 0 fully saturated rings. The molecule has 9 nitrogen and oxygen atoms in total. The van der Waals surface area contributed by atoms with Gasteiger partial charge in [-0.1, -0.05) is 24.3 Å². The van der Waals surface area contributed by atoms with Crippen LogP contribution in [0.2, 0.25) is 0 Å². The van der Waals surface area contributed by atoms with Crippen LogP contribution >= 0.6 is 0 Å². The Morgan fingerprint density at radius 1 is 1.12 bits per heavy atom. The first-order valence-corrected chi connectivity index (χ1v) is 11.5. The quantitative estimate of drug-likeness (QED) is 0.601. The molecule has 0 aliphatic carbocycles. The molecule has 10 heteroatoms. The number of ether oxygens (including phenoxy) is 2. The summed E-state index contributed by atoms with van der Waals surface area (Å²) < 4.78 is 37.1. The Morgan fingerprint density at radius 3 is 2.50 bits per heavy atom. The Morgan fingerprint density at radius 2 is 1.81 bits per heavy atom. The summed E-state index contributed by atoms with van der Waals surface area (Å²) in [6, 6.07) is 12.7. The van der Waals surface area contributed by atoms with E-state index in [4.69, 9.17) is 9.47 Å². The number of hydrogen-bond acceptors (Lipinski definition) is 7. The van der Waals surface area contributed by atoms with Crippen molar-refractivity contribution in [1.29, 1.82) is 0 Å². The minimum atomic E-state index is -3.70. The van der Waals surface area contributed by atoms with Crippen molar-refractivity contribution in [2.45, 2.75) is 31.3 Å². The molecule has 1 atom stereocenters. The summed E-state index contributed by atoms with van der Waals surface area (Å²) in [7, 11) is -2.09. The number of carbonyl (C=O) groups is 2. The number of fused-ring (bicyclic) bond motifs is 1. The van der Waals surface area contributed by atoms with Crippen LogP contribution in [0, 0.1) is 0 Å². The zero-order valence-electron chi connectivity index (χ0n) is 18.1. The Kier molecular flexibility index (Phi) is 7.14. The maximum atomic E-state index is 12.3. The van der Waals surface area contributed by atoms with E-state index in [0.29, 0.717) is 18.7 Å². The van der Waals surface area contributed by atoms with Crippen LogP contribution in [0.4, 0.5) is 0 Å². The fourth-order valence-electron chi connectivity index (χ4n) is 3.06. The van der Waals surface area contributed by atoms with Crippen molar-refractivity contribution in [3.8, 4) is 5.75 Å². The molecule has 0 spiro atoms. The largest absolute Gasteiger partial charge is 0.494 e. The smallest absolute Gasteiger partial charge is 0.331 e. The van der Waals surface area contributed by atoms with Gasteiger partial charge in [0.2, 0.25) is 0 Å². The number of esters is 1. The van der Waals surface area contributed by atoms with Crippen molar-refractivity contribution in [3.63, 3.8) is 0 Å². The topological polar surface area (TPSA) is 114 Å². The van der Waals surface area contributed by atoms with Gasteiger partial charge in [0, 0.05) is 19.2 Å². The van der Waals surface area contributed by atoms with E-state index in [0.717, 1.165) is 11.3 Å². The lowest BCUT2D eigenvalue weighted by Gasteiger charge is -2.18. The predicted molar refractivity (Wildman–Crippen MR) is 118 cm³/mol. The highest BCUT2D eigenvalue weighted by atomic mass is 32.2. The summed E-state index contributed by atoms with van der Waals surface area (Å²) in [4.78, 5) is 30.3. The van der Waals surface area contributed by atoms with Crippen LogP contribution in [-0.2, 0) is 30.9 Å². The zero-order valence-corrected chi connectivity index (χ0v) is 18.9. The molecule has 32 heavy (non-hydrogen) atoms. The molecule has 1 heterocycles. The third-order valence-corrected chi connectivity index (χ3v) is 6.14. The van der Waals surface area contributed by atoms with Gasteiger partial charge in [-0.3, -0.25) is 14.5 Å². The zero-order chi connectivity index (χ0) is 23.3. The number of amides is 1. The number of benzene rings is 2. The second kappa shape index (κ2) is 9.82. The standard InChI is InChI=1S/C22H25N3O6S/c1-4-30-17-11-9-16(10-12-17)13-25(3)20(26)14-31-22(27)15(2)23-21-18-7-5-6-8-19(18)32(28,29)24-21/h5-12,15H,4,13-14H2,1-3H3,(H,23,24)/t15-/m0/s1. The van der Waals surface area contributed by atoms with Crippen molar-refractivity contribution in [2.75, 3.05) is 20.3 Å². The van der Waals surface area contributed by atoms with Crippen molar-refractivity contribution in [1.82, 2.24) is 9.62 Å². The normalized spacial score (nSPS) is 16.0. The van der Waals surface area contributed by atoms with E-state index in [2.05, 4.69) is 9.71 Å². The predicted octanol–water partition coefficient (Wildman–Crippen LogP) is 1.71. The monoisotopic (exact) mass is 459 g/mol. The molecule has 1 aliphatic heterocycles. The molecule has 0 aromatic heterocycles. The van der Waals surface area contributed by atoms with Gasteiger partial charge in [-0.25, -0.2) is 13.2 Å². The summed E-state index contributed by atoms with van der Waals surface area (Å²) in [5, 5.41) is 0. The SMILES string of the molecule is CCOc1ccc(CN(C)C(=O)COC(=O)[C@H](C)N=C2NS(=O)(=O)c3ccccc32)cc1. The van der Waals surface area contributed by atoms with Gasteiger partial charge in [0.15, 0.2) is 6.61 Å². The molecule has 2 aromatic rings. The number of likely N-dealkylation sites (N-methyl/N-ethyl adjacent to an activating group) is 1. The minimum Gasteiger partial charge on any atom is -0.494 e. The van der Waals surface area contributed by atoms with Crippen LogP contribution in [0.3, 0.4) is 0 Å². The van der Waals surface area contributed by atoms with E-state index in [1.165, 1.54) is 17.9 Å². The van der Waals surface area contributed by atoms with E-state index >= 15 is 0 Å². The van der Waals surface area contributed by atoms with Gasteiger partial charge >= 0.3 is 5.97 Å². The highest BCUT2D eigenvalue weighted by molar-refractivity contribution is 7.90.